The Morgan fingerprint density at radius 1 is 1.32 bits per heavy atom. The average Bonchev–Trinajstić information content (AvgIpc) is 2.32. The van der Waals surface area contributed by atoms with Gasteiger partial charge in [0.15, 0.2) is 0 Å². The van der Waals surface area contributed by atoms with Crippen LogP contribution in [0.25, 0.3) is 0 Å². The van der Waals surface area contributed by atoms with Gasteiger partial charge in [-0.05, 0) is 12.8 Å². The second-order valence-corrected chi connectivity index (χ2v) is 3.89. The third-order valence-electron chi connectivity index (χ3n) is 2.12. The van der Waals surface area contributed by atoms with E-state index in [2.05, 4.69) is 15.3 Å². The lowest BCUT2D eigenvalue weighted by Gasteiger charge is -2.10. The van der Waals surface area contributed by atoms with Crippen LogP contribution in [-0.2, 0) is 10.9 Å². The molecule has 19 heavy (non-hydrogen) atoms. The Balaban J connectivity index is 2.48. The molecule has 1 aromatic heterocycles. The first-order valence-corrected chi connectivity index (χ1v) is 5.97. The van der Waals surface area contributed by atoms with Crippen molar-refractivity contribution < 1.29 is 17.9 Å². The molecule has 0 saturated carbocycles. The molecule has 0 aliphatic rings. The van der Waals surface area contributed by atoms with Gasteiger partial charge < -0.3 is 15.8 Å². The van der Waals surface area contributed by atoms with Gasteiger partial charge >= 0.3 is 6.18 Å². The Labute approximate surface area is 109 Å². The number of ether oxygens (including phenoxy) is 1. The Bertz CT molecular complexity index is 398. The number of halogens is 3. The highest BCUT2D eigenvalue weighted by Gasteiger charge is 2.35. The number of rotatable bonds is 7. The van der Waals surface area contributed by atoms with Crippen molar-refractivity contribution in [2.45, 2.75) is 25.9 Å². The summed E-state index contributed by atoms with van der Waals surface area (Å²) in [4.78, 5) is 6.52. The molecule has 0 spiro atoms. The van der Waals surface area contributed by atoms with Crippen LogP contribution in [0.15, 0.2) is 6.07 Å². The highest BCUT2D eigenvalue weighted by molar-refractivity contribution is 5.44. The molecule has 0 bridgehead atoms. The summed E-state index contributed by atoms with van der Waals surface area (Å²) >= 11 is 0. The Hall–Kier alpha value is -1.57. The van der Waals surface area contributed by atoms with Crippen LogP contribution in [0.5, 0.6) is 0 Å². The molecule has 1 rings (SSSR count). The first-order chi connectivity index (χ1) is 8.93. The first kappa shape index (κ1) is 15.5. The number of nitrogen functional groups attached to an aromatic ring is 1. The van der Waals surface area contributed by atoms with Crippen LogP contribution in [0.1, 0.15) is 25.6 Å². The fourth-order valence-electron chi connectivity index (χ4n) is 1.32. The fraction of sp³-hybridized carbons (Fsp3) is 0.636. The third-order valence-corrected chi connectivity index (χ3v) is 2.12. The molecule has 1 aromatic rings. The monoisotopic (exact) mass is 278 g/mol. The van der Waals surface area contributed by atoms with Crippen molar-refractivity contribution in [3.63, 3.8) is 0 Å². The van der Waals surface area contributed by atoms with Crippen LogP contribution in [0.4, 0.5) is 24.8 Å². The van der Waals surface area contributed by atoms with E-state index in [4.69, 9.17) is 10.5 Å². The Morgan fingerprint density at radius 2 is 2.05 bits per heavy atom. The maximum Gasteiger partial charge on any atom is 0.451 e. The number of nitrogens with two attached hydrogens (primary N) is 1. The van der Waals surface area contributed by atoms with E-state index in [1.54, 1.807) is 0 Å². The summed E-state index contributed by atoms with van der Waals surface area (Å²) in [5.74, 6) is -1.39. The van der Waals surface area contributed by atoms with Gasteiger partial charge in [-0.2, -0.15) is 13.2 Å². The highest BCUT2D eigenvalue weighted by atomic mass is 19.4. The molecule has 1 heterocycles. The lowest BCUT2D eigenvalue weighted by molar-refractivity contribution is -0.144. The summed E-state index contributed by atoms with van der Waals surface area (Å²) in [5, 5.41) is 2.76. The van der Waals surface area contributed by atoms with Gasteiger partial charge in [0.25, 0.3) is 0 Å². The predicted molar refractivity (Wildman–Crippen MR) is 65.7 cm³/mol. The number of hydrogen-bond donors (Lipinski definition) is 2. The van der Waals surface area contributed by atoms with Crippen LogP contribution in [0, 0.1) is 0 Å². The van der Waals surface area contributed by atoms with Crippen molar-refractivity contribution in [1.82, 2.24) is 9.97 Å². The maximum absolute atomic E-state index is 12.4. The quantitative estimate of drug-likeness (QED) is 0.749. The lowest BCUT2D eigenvalue weighted by atomic mass is 10.4. The zero-order valence-electron chi connectivity index (χ0n) is 10.6. The number of hydrogen-bond acceptors (Lipinski definition) is 5. The van der Waals surface area contributed by atoms with Crippen molar-refractivity contribution in [3.8, 4) is 0 Å². The van der Waals surface area contributed by atoms with Gasteiger partial charge in [-0.1, -0.05) is 6.92 Å². The molecule has 0 radical (unpaired) electrons. The van der Waals surface area contributed by atoms with Crippen LogP contribution >= 0.6 is 0 Å². The molecule has 0 atom stereocenters. The number of alkyl halides is 3. The fourth-order valence-corrected chi connectivity index (χ4v) is 1.32. The molecule has 0 fully saturated rings. The molecule has 0 unspecified atom stereocenters. The zero-order valence-corrected chi connectivity index (χ0v) is 10.6. The van der Waals surface area contributed by atoms with Gasteiger partial charge in [-0.25, -0.2) is 9.97 Å². The first-order valence-electron chi connectivity index (χ1n) is 5.97. The van der Waals surface area contributed by atoms with Gasteiger partial charge in [0.1, 0.15) is 11.6 Å². The standard InChI is InChI=1S/C11H17F3N4O/c1-2-5-19-6-3-4-16-9-7-8(15)17-10(18-9)11(12,13)14/h7H,2-6H2,1H3,(H3,15,16,17,18). The largest absolute Gasteiger partial charge is 0.451 e. The summed E-state index contributed by atoms with van der Waals surface area (Å²) in [6.45, 7) is 3.68. The summed E-state index contributed by atoms with van der Waals surface area (Å²) in [6, 6.07) is 1.27. The molecule has 5 nitrogen and oxygen atoms in total. The van der Waals surface area contributed by atoms with E-state index in [0.717, 1.165) is 6.42 Å². The Kier molecular flexibility index (Phi) is 5.81. The number of nitrogens with zero attached hydrogens (tertiary/aromatic N) is 2. The second-order valence-electron chi connectivity index (χ2n) is 3.89. The molecular weight excluding hydrogens is 261 g/mol. The molecule has 0 aromatic carbocycles. The van der Waals surface area contributed by atoms with E-state index in [1.165, 1.54) is 6.07 Å². The predicted octanol–water partition coefficient (Wildman–Crippen LogP) is 2.31. The van der Waals surface area contributed by atoms with E-state index >= 15 is 0 Å². The third kappa shape index (κ3) is 5.73. The number of anilines is 2. The number of aromatic nitrogens is 2. The molecule has 8 heteroatoms. The molecule has 0 aliphatic carbocycles. The van der Waals surface area contributed by atoms with Crippen molar-refractivity contribution >= 4 is 11.6 Å². The van der Waals surface area contributed by atoms with Crippen molar-refractivity contribution in [3.05, 3.63) is 11.9 Å². The summed E-state index contributed by atoms with van der Waals surface area (Å²) < 4.78 is 42.6. The maximum atomic E-state index is 12.4. The van der Waals surface area contributed by atoms with E-state index in [0.29, 0.717) is 26.2 Å². The van der Waals surface area contributed by atoms with Gasteiger partial charge in [-0.15, -0.1) is 0 Å². The summed E-state index contributed by atoms with van der Waals surface area (Å²) in [6.07, 6.45) is -2.99. The molecule has 108 valence electrons. The minimum absolute atomic E-state index is 0.0651. The average molecular weight is 278 g/mol. The topological polar surface area (TPSA) is 73.1 Å². The van der Waals surface area contributed by atoms with Crippen molar-refractivity contribution in [1.29, 1.82) is 0 Å². The van der Waals surface area contributed by atoms with E-state index < -0.39 is 12.0 Å². The van der Waals surface area contributed by atoms with Crippen LogP contribution < -0.4 is 11.1 Å². The van der Waals surface area contributed by atoms with E-state index in [9.17, 15) is 13.2 Å². The van der Waals surface area contributed by atoms with Crippen LogP contribution in [0.2, 0.25) is 0 Å². The van der Waals surface area contributed by atoms with Gasteiger partial charge in [-0.3, -0.25) is 0 Å². The molecular formula is C11H17F3N4O. The minimum atomic E-state index is -4.60. The SMILES string of the molecule is CCCOCCCNc1cc(N)nc(C(F)(F)F)n1. The number of nitrogens with one attached hydrogen (secondary N) is 1. The molecule has 0 amide bonds. The van der Waals surface area contributed by atoms with Crippen molar-refractivity contribution in [2.75, 3.05) is 30.8 Å². The van der Waals surface area contributed by atoms with Crippen LogP contribution in [-0.4, -0.2) is 29.7 Å². The van der Waals surface area contributed by atoms with Gasteiger partial charge in [0, 0.05) is 25.8 Å². The summed E-state index contributed by atoms with van der Waals surface area (Å²) in [5.41, 5.74) is 5.31. The van der Waals surface area contributed by atoms with E-state index in [1.807, 2.05) is 6.92 Å². The Morgan fingerprint density at radius 3 is 2.68 bits per heavy atom. The molecule has 0 aliphatic heterocycles. The van der Waals surface area contributed by atoms with Gasteiger partial charge in [0.05, 0.1) is 0 Å². The van der Waals surface area contributed by atoms with Crippen LogP contribution in [0.3, 0.4) is 0 Å². The zero-order chi connectivity index (χ0) is 14.3. The summed E-state index contributed by atoms with van der Waals surface area (Å²) in [7, 11) is 0. The minimum Gasteiger partial charge on any atom is -0.384 e. The smallest absolute Gasteiger partial charge is 0.384 e. The van der Waals surface area contributed by atoms with E-state index in [-0.39, 0.29) is 11.6 Å². The van der Waals surface area contributed by atoms with Crippen molar-refractivity contribution in [2.24, 2.45) is 0 Å². The normalized spacial score (nSPS) is 11.6. The molecule has 0 saturated heterocycles. The second kappa shape index (κ2) is 7.13. The lowest BCUT2D eigenvalue weighted by Crippen LogP contribution is -2.15. The molecule has 3 N–H and O–H groups in total. The van der Waals surface area contributed by atoms with Gasteiger partial charge in [0.2, 0.25) is 5.82 Å². The highest BCUT2D eigenvalue weighted by Crippen LogP contribution is 2.27.